The van der Waals surface area contributed by atoms with Crippen LogP contribution in [0.15, 0.2) is 107 Å². The number of pyridine rings is 1. The summed E-state index contributed by atoms with van der Waals surface area (Å²) in [5.41, 5.74) is -1.77. The summed E-state index contributed by atoms with van der Waals surface area (Å²) in [5.74, 6) is -0.590. The Kier molecular flexibility index (Phi) is 12.1. The van der Waals surface area contributed by atoms with Crippen LogP contribution in [0.4, 0.5) is 37.8 Å². The van der Waals surface area contributed by atoms with Gasteiger partial charge in [0, 0.05) is 67.4 Å². The number of aromatic hydroxyl groups is 1. The molecule has 56 heavy (non-hydrogen) atoms. The maximum atomic E-state index is 14.0. The number of halogens is 6. The predicted molar refractivity (Wildman–Crippen MR) is 198 cm³/mol. The Morgan fingerprint density at radius 1 is 0.821 bits per heavy atom. The van der Waals surface area contributed by atoms with Gasteiger partial charge in [0.05, 0.1) is 22.2 Å². The number of sulfonamides is 1. The third kappa shape index (κ3) is 10.3. The van der Waals surface area contributed by atoms with E-state index in [0.717, 1.165) is 29.2 Å². The zero-order valence-electron chi connectivity index (χ0n) is 29.2. The zero-order chi connectivity index (χ0) is 40.1. The van der Waals surface area contributed by atoms with E-state index < -0.39 is 50.0 Å². The summed E-state index contributed by atoms with van der Waals surface area (Å²) in [6, 6.07) is 19.4. The summed E-state index contributed by atoms with van der Waals surface area (Å²) in [6.45, 7) is 2.03. The minimum Gasteiger partial charge on any atom is -0.506 e. The summed E-state index contributed by atoms with van der Waals surface area (Å²) >= 11 is 1.44. The predicted octanol–water partition coefficient (Wildman–Crippen LogP) is 6.93. The van der Waals surface area contributed by atoms with Gasteiger partial charge in [-0.1, -0.05) is 18.2 Å². The van der Waals surface area contributed by atoms with Crippen molar-refractivity contribution in [2.75, 3.05) is 48.7 Å². The fourth-order valence-electron chi connectivity index (χ4n) is 5.89. The molecule has 1 amide bonds. The molecule has 3 heterocycles. The normalized spacial score (nSPS) is 14.1. The van der Waals surface area contributed by atoms with Crippen molar-refractivity contribution in [1.82, 2.24) is 24.8 Å². The number of nitrogens with one attached hydrogen (secondary N) is 2. The topological polar surface area (TPSA) is 141 Å². The first-order chi connectivity index (χ1) is 26.5. The van der Waals surface area contributed by atoms with E-state index in [1.54, 1.807) is 10.8 Å². The van der Waals surface area contributed by atoms with Crippen LogP contribution in [0, 0.1) is 0 Å². The maximum Gasteiger partial charge on any atom is 0.418 e. The van der Waals surface area contributed by atoms with Crippen molar-refractivity contribution < 1.29 is 44.7 Å². The van der Waals surface area contributed by atoms with Crippen LogP contribution in [-0.4, -0.2) is 78.0 Å². The molecule has 294 valence electrons. The summed E-state index contributed by atoms with van der Waals surface area (Å²) in [4.78, 5) is 20.7. The Morgan fingerprint density at radius 2 is 1.57 bits per heavy atom. The first-order valence-electron chi connectivity index (χ1n) is 16.9. The summed E-state index contributed by atoms with van der Waals surface area (Å²) in [5, 5.41) is 20.3. The number of alkyl halides is 6. The highest BCUT2D eigenvalue weighted by molar-refractivity contribution is 7.99. The molecule has 0 spiro atoms. The lowest BCUT2D eigenvalue weighted by atomic mass is 10.00. The van der Waals surface area contributed by atoms with Crippen molar-refractivity contribution in [3.8, 4) is 16.9 Å². The first kappa shape index (κ1) is 40.3. The second-order valence-corrected chi connectivity index (χ2v) is 15.5. The average molecular weight is 818 g/mol. The van der Waals surface area contributed by atoms with Gasteiger partial charge < -0.3 is 15.3 Å². The van der Waals surface area contributed by atoms with Crippen molar-refractivity contribution in [2.24, 2.45) is 0 Å². The lowest BCUT2D eigenvalue weighted by molar-refractivity contribution is -0.138. The van der Waals surface area contributed by atoms with Crippen LogP contribution in [0.5, 0.6) is 5.75 Å². The molecule has 1 saturated heterocycles. The van der Waals surface area contributed by atoms with Gasteiger partial charge in [0.2, 0.25) is 0 Å². The molecule has 6 rings (SSSR count). The quantitative estimate of drug-likeness (QED) is 0.0687. The number of carbonyl (C=O) groups excluding carboxylic acids is 1. The lowest BCUT2D eigenvalue weighted by Gasteiger charge is -2.35. The van der Waals surface area contributed by atoms with Crippen molar-refractivity contribution in [1.29, 1.82) is 0 Å². The van der Waals surface area contributed by atoms with Crippen LogP contribution in [-0.2, 0) is 28.9 Å². The van der Waals surface area contributed by atoms with Gasteiger partial charge in [0.25, 0.3) is 15.9 Å². The minimum absolute atomic E-state index is 0.164. The highest BCUT2D eigenvalue weighted by atomic mass is 32.2. The molecule has 5 aromatic rings. The fourth-order valence-corrected chi connectivity index (χ4v) is 7.67. The number of rotatable bonds is 12. The average Bonchev–Trinajstić information content (AvgIpc) is 3.16. The van der Waals surface area contributed by atoms with Gasteiger partial charge in [0.1, 0.15) is 5.75 Å². The van der Waals surface area contributed by atoms with Gasteiger partial charge in [-0.3, -0.25) is 14.7 Å². The Morgan fingerprint density at radius 3 is 2.23 bits per heavy atom. The van der Waals surface area contributed by atoms with Crippen LogP contribution in [0.25, 0.3) is 11.1 Å². The minimum atomic E-state index is -4.90. The van der Waals surface area contributed by atoms with Gasteiger partial charge >= 0.3 is 12.4 Å². The second kappa shape index (κ2) is 16.8. The number of thioether (sulfide) groups is 1. The van der Waals surface area contributed by atoms with Gasteiger partial charge in [-0.2, -0.15) is 26.3 Å². The number of hydrogen-bond acceptors (Lipinski definition) is 11. The largest absolute Gasteiger partial charge is 0.506 e. The number of hydrogen-bond donors (Lipinski definition) is 3. The van der Waals surface area contributed by atoms with Crippen molar-refractivity contribution in [3.05, 3.63) is 120 Å². The number of amides is 1. The molecular formula is C37H33F6N7O4S2. The van der Waals surface area contributed by atoms with Crippen molar-refractivity contribution in [2.45, 2.75) is 28.7 Å². The molecule has 3 aromatic carbocycles. The van der Waals surface area contributed by atoms with E-state index in [9.17, 15) is 44.7 Å². The molecule has 1 fully saturated rings. The number of carbonyl (C=O) groups is 1. The van der Waals surface area contributed by atoms with Crippen LogP contribution < -0.4 is 14.9 Å². The molecule has 1 aliphatic rings. The van der Waals surface area contributed by atoms with Gasteiger partial charge in [0.15, 0.2) is 11.5 Å². The van der Waals surface area contributed by atoms with Crippen molar-refractivity contribution in [3.63, 3.8) is 0 Å². The van der Waals surface area contributed by atoms with E-state index in [0.29, 0.717) is 54.9 Å². The van der Waals surface area contributed by atoms with Gasteiger partial charge in [-0.25, -0.2) is 13.1 Å². The van der Waals surface area contributed by atoms with E-state index in [2.05, 4.69) is 20.5 Å². The van der Waals surface area contributed by atoms with Crippen LogP contribution in [0.1, 0.15) is 27.2 Å². The van der Waals surface area contributed by atoms with Gasteiger partial charge in [-0.05, 0) is 77.9 Å². The molecule has 0 atom stereocenters. The van der Waals surface area contributed by atoms with Crippen LogP contribution in [0.2, 0.25) is 0 Å². The first-order valence-corrected chi connectivity index (χ1v) is 19.4. The third-order valence-corrected chi connectivity index (χ3v) is 11.0. The number of nitrogens with zero attached hydrogens (tertiary/aromatic N) is 5. The Labute approximate surface area is 321 Å². The SMILES string of the molecule is O=C(NS(=O)(=O)c1ccc(NCCSc2ccccc2)c(C(F)(F)F)c1)c1ccc(N2CCN(Cc3cc(-c4cncc(O)c4)cc(C(F)(F)F)c3)CC2)nn1. The Hall–Kier alpha value is -5.40. The molecule has 1 aliphatic heterocycles. The molecule has 0 unspecified atom stereocenters. The van der Waals surface area contributed by atoms with Gasteiger partial charge in [-0.15, -0.1) is 22.0 Å². The molecule has 0 aliphatic carbocycles. The molecule has 0 saturated carbocycles. The molecular weight excluding hydrogens is 785 g/mol. The van der Waals surface area contributed by atoms with E-state index >= 15 is 0 Å². The summed E-state index contributed by atoms with van der Waals surface area (Å²) in [6.07, 6.45) is -6.95. The monoisotopic (exact) mass is 817 g/mol. The summed E-state index contributed by atoms with van der Waals surface area (Å²) < 4.78 is 111. The second-order valence-electron chi connectivity index (χ2n) is 12.6. The van der Waals surface area contributed by atoms with E-state index in [1.807, 2.05) is 40.1 Å². The zero-order valence-corrected chi connectivity index (χ0v) is 30.8. The fraction of sp³-hybridized carbons (Fsp3) is 0.243. The van der Waals surface area contributed by atoms with E-state index in [1.165, 1.54) is 42.4 Å². The highest BCUT2D eigenvalue weighted by Gasteiger charge is 2.36. The molecule has 3 N–H and O–H groups in total. The Bertz CT molecular complexity index is 2270. The lowest BCUT2D eigenvalue weighted by Crippen LogP contribution is -2.46. The number of aromatic nitrogens is 3. The maximum absolute atomic E-state index is 14.0. The number of piperazine rings is 1. The Balaban J connectivity index is 1.05. The standard InChI is InChI=1S/C37H33F6N7O4S2/c38-36(39,40)27-17-24(16-25(18-27)26-19-28(51)22-44-21-26)23-49-11-13-50(14-12-49)34-9-8-33(46-47-34)35(52)48-56(53,54)30-6-7-32(31(20-30)37(41,42)43)45-10-15-55-29-4-2-1-3-5-29/h1-9,16-22,45,51H,10-15,23H2,(H,48,52). The molecule has 19 heteroatoms. The molecule has 0 radical (unpaired) electrons. The molecule has 2 aromatic heterocycles. The highest BCUT2D eigenvalue weighted by Crippen LogP contribution is 2.37. The smallest absolute Gasteiger partial charge is 0.418 e. The molecule has 11 nitrogen and oxygen atoms in total. The molecule has 0 bridgehead atoms. The van der Waals surface area contributed by atoms with E-state index in [-0.39, 0.29) is 30.1 Å². The number of benzene rings is 3. The third-order valence-electron chi connectivity index (χ3n) is 8.63. The summed E-state index contributed by atoms with van der Waals surface area (Å²) in [7, 11) is -4.75. The van der Waals surface area contributed by atoms with E-state index in [4.69, 9.17) is 0 Å². The van der Waals surface area contributed by atoms with Crippen LogP contribution >= 0.6 is 11.8 Å². The number of anilines is 2. The van der Waals surface area contributed by atoms with Crippen molar-refractivity contribution >= 4 is 39.2 Å². The van der Waals surface area contributed by atoms with Crippen LogP contribution in [0.3, 0.4) is 0 Å².